The highest BCUT2D eigenvalue weighted by Gasteiger charge is 2.12. The van der Waals surface area contributed by atoms with Crippen LogP contribution in [0.1, 0.15) is 77.0 Å². The van der Waals surface area contributed by atoms with Gasteiger partial charge >= 0.3 is 0 Å². The molecule has 0 radical (unpaired) electrons. The Morgan fingerprint density at radius 1 is 1.00 bits per heavy atom. The van der Waals surface area contributed by atoms with Crippen molar-refractivity contribution in [3.63, 3.8) is 0 Å². The fourth-order valence-electron chi connectivity index (χ4n) is 2.74. The van der Waals surface area contributed by atoms with E-state index in [1.807, 2.05) is 0 Å². The molecule has 0 saturated heterocycles. The van der Waals surface area contributed by atoms with Crippen molar-refractivity contribution in [2.24, 2.45) is 5.92 Å². The number of carbonyl (C=O) groups is 2. The van der Waals surface area contributed by atoms with Gasteiger partial charge < -0.3 is 4.79 Å². The molecule has 0 bridgehead atoms. The van der Waals surface area contributed by atoms with E-state index in [2.05, 4.69) is 0 Å². The first-order valence-electron chi connectivity index (χ1n) is 7.28. The van der Waals surface area contributed by atoms with Crippen LogP contribution in [0.3, 0.4) is 0 Å². The highest BCUT2D eigenvalue weighted by molar-refractivity contribution is 5.78. The standard InChI is InChI=1S/C15H26O2/c16-13-6-2-1-3-8-14-9-4-5-11-15(17)12-7-10-14/h13-14H,1-12H2. The monoisotopic (exact) mass is 238 g/mol. The average Bonchev–Trinajstić information content (AvgIpc) is 2.42. The van der Waals surface area contributed by atoms with Gasteiger partial charge in [0.05, 0.1) is 0 Å². The Bertz CT molecular complexity index is 223. The molecule has 0 N–H and O–H groups in total. The number of aldehydes is 1. The van der Waals surface area contributed by atoms with Gasteiger partial charge in [-0.2, -0.15) is 0 Å². The smallest absolute Gasteiger partial charge is 0.132 e. The van der Waals surface area contributed by atoms with Crippen molar-refractivity contribution in [3.8, 4) is 0 Å². The summed E-state index contributed by atoms with van der Waals surface area (Å²) >= 11 is 0. The fourth-order valence-corrected chi connectivity index (χ4v) is 2.74. The fraction of sp³-hybridized carbons (Fsp3) is 0.867. The Balaban J connectivity index is 2.12. The van der Waals surface area contributed by atoms with E-state index >= 15 is 0 Å². The van der Waals surface area contributed by atoms with Crippen molar-refractivity contribution in [1.29, 1.82) is 0 Å². The molecule has 17 heavy (non-hydrogen) atoms. The van der Waals surface area contributed by atoms with Gasteiger partial charge in [-0.1, -0.05) is 38.5 Å². The highest BCUT2D eigenvalue weighted by atomic mass is 16.1. The number of hydrogen-bond donors (Lipinski definition) is 0. The summed E-state index contributed by atoms with van der Waals surface area (Å²) in [7, 11) is 0. The molecule has 2 nitrogen and oxygen atoms in total. The Morgan fingerprint density at radius 3 is 2.59 bits per heavy atom. The number of ketones is 1. The molecule has 0 aromatic heterocycles. The molecular weight excluding hydrogens is 212 g/mol. The van der Waals surface area contributed by atoms with Crippen molar-refractivity contribution in [2.45, 2.75) is 77.0 Å². The summed E-state index contributed by atoms with van der Waals surface area (Å²) in [4.78, 5) is 21.6. The summed E-state index contributed by atoms with van der Waals surface area (Å²) in [5.74, 6) is 1.30. The van der Waals surface area contributed by atoms with Crippen LogP contribution in [0.25, 0.3) is 0 Å². The second kappa shape index (κ2) is 9.38. The molecule has 1 rings (SSSR count). The maximum atomic E-state index is 11.4. The van der Waals surface area contributed by atoms with Crippen molar-refractivity contribution < 1.29 is 9.59 Å². The van der Waals surface area contributed by atoms with Gasteiger partial charge in [-0.15, -0.1) is 0 Å². The Labute approximate surface area is 105 Å². The van der Waals surface area contributed by atoms with Crippen LogP contribution in [0.5, 0.6) is 0 Å². The molecule has 98 valence electrons. The second-order valence-corrected chi connectivity index (χ2v) is 5.35. The molecule has 1 aliphatic carbocycles. The van der Waals surface area contributed by atoms with Gasteiger partial charge in [0.1, 0.15) is 12.1 Å². The number of rotatable bonds is 6. The van der Waals surface area contributed by atoms with Crippen molar-refractivity contribution >= 4 is 12.1 Å². The number of Topliss-reactive ketones (excluding diaryl/α,β-unsaturated/α-hetero) is 1. The predicted octanol–water partition coefficient (Wildman–Crippen LogP) is 4.07. The summed E-state index contributed by atoms with van der Waals surface area (Å²) in [6.07, 6.45) is 14.1. The third-order valence-electron chi connectivity index (χ3n) is 3.82. The lowest BCUT2D eigenvalue weighted by molar-refractivity contribution is -0.119. The van der Waals surface area contributed by atoms with Gasteiger partial charge in [0.2, 0.25) is 0 Å². The van der Waals surface area contributed by atoms with Gasteiger partial charge in [0.15, 0.2) is 0 Å². The van der Waals surface area contributed by atoms with Crippen molar-refractivity contribution in [3.05, 3.63) is 0 Å². The van der Waals surface area contributed by atoms with E-state index in [-0.39, 0.29) is 0 Å². The zero-order chi connectivity index (χ0) is 12.3. The van der Waals surface area contributed by atoms with Crippen LogP contribution in [0.4, 0.5) is 0 Å². The SMILES string of the molecule is O=CCCCCCC1CCCCC(=O)CCC1. The Hall–Kier alpha value is -0.660. The van der Waals surface area contributed by atoms with E-state index in [1.54, 1.807) is 0 Å². The van der Waals surface area contributed by atoms with E-state index in [4.69, 9.17) is 0 Å². The number of carbonyl (C=O) groups excluding carboxylic acids is 2. The molecule has 0 aromatic carbocycles. The van der Waals surface area contributed by atoms with E-state index < -0.39 is 0 Å². The van der Waals surface area contributed by atoms with Gasteiger partial charge in [0.25, 0.3) is 0 Å². The molecule has 1 atom stereocenters. The first-order valence-corrected chi connectivity index (χ1v) is 7.28. The van der Waals surface area contributed by atoms with Crippen LogP contribution >= 0.6 is 0 Å². The third kappa shape index (κ3) is 7.30. The maximum Gasteiger partial charge on any atom is 0.132 e. The molecule has 0 aromatic rings. The topological polar surface area (TPSA) is 34.1 Å². The van der Waals surface area contributed by atoms with E-state index in [9.17, 15) is 9.59 Å². The second-order valence-electron chi connectivity index (χ2n) is 5.35. The minimum atomic E-state index is 0.469. The Kier molecular flexibility index (Phi) is 7.94. The molecule has 2 heteroatoms. The molecule has 1 unspecified atom stereocenters. The van der Waals surface area contributed by atoms with E-state index in [1.165, 1.54) is 38.5 Å². The maximum absolute atomic E-state index is 11.4. The average molecular weight is 238 g/mol. The molecule has 0 aliphatic heterocycles. The molecule has 1 aliphatic rings. The lowest BCUT2D eigenvalue weighted by Gasteiger charge is -2.15. The van der Waals surface area contributed by atoms with E-state index in [0.29, 0.717) is 5.78 Å². The summed E-state index contributed by atoms with van der Waals surface area (Å²) in [6, 6.07) is 0. The minimum absolute atomic E-state index is 0.469. The van der Waals surface area contributed by atoms with Gasteiger partial charge in [0, 0.05) is 19.3 Å². The van der Waals surface area contributed by atoms with Gasteiger partial charge in [-0.05, 0) is 25.2 Å². The largest absolute Gasteiger partial charge is 0.303 e. The lowest BCUT2D eigenvalue weighted by atomic mass is 9.91. The molecular formula is C15H26O2. The van der Waals surface area contributed by atoms with Crippen LogP contribution in [-0.2, 0) is 9.59 Å². The van der Waals surface area contributed by atoms with Crippen LogP contribution < -0.4 is 0 Å². The lowest BCUT2D eigenvalue weighted by Crippen LogP contribution is -2.01. The molecule has 1 saturated carbocycles. The normalized spacial score (nSPS) is 22.6. The van der Waals surface area contributed by atoms with Crippen LogP contribution in [0.2, 0.25) is 0 Å². The first-order chi connectivity index (χ1) is 8.33. The number of hydrogen-bond acceptors (Lipinski definition) is 2. The quantitative estimate of drug-likeness (QED) is 0.516. The molecule has 1 fully saturated rings. The van der Waals surface area contributed by atoms with Crippen LogP contribution in [0.15, 0.2) is 0 Å². The third-order valence-corrected chi connectivity index (χ3v) is 3.82. The minimum Gasteiger partial charge on any atom is -0.303 e. The van der Waals surface area contributed by atoms with Crippen molar-refractivity contribution in [1.82, 2.24) is 0 Å². The summed E-state index contributed by atoms with van der Waals surface area (Å²) < 4.78 is 0. The Morgan fingerprint density at radius 2 is 1.76 bits per heavy atom. The molecule has 0 heterocycles. The predicted molar refractivity (Wildman–Crippen MR) is 70.0 cm³/mol. The van der Waals surface area contributed by atoms with Crippen LogP contribution in [0, 0.1) is 5.92 Å². The van der Waals surface area contributed by atoms with Crippen LogP contribution in [-0.4, -0.2) is 12.1 Å². The highest BCUT2D eigenvalue weighted by Crippen LogP contribution is 2.25. The number of unbranched alkanes of at least 4 members (excludes halogenated alkanes) is 3. The van der Waals surface area contributed by atoms with E-state index in [0.717, 1.165) is 50.7 Å². The summed E-state index contributed by atoms with van der Waals surface area (Å²) in [5, 5.41) is 0. The molecule has 0 amide bonds. The molecule has 0 spiro atoms. The van der Waals surface area contributed by atoms with Gasteiger partial charge in [-0.25, -0.2) is 0 Å². The van der Waals surface area contributed by atoms with Crippen molar-refractivity contribution in [2.75, 3.05) is 0 Å². The first kappa shape index (κ1) is 14.4. The zero-order valence-corrected chi connectivity index (χ0v) is 11.0. The zero-order valence-electron chi connectivity index (χ0n) is 11.0. The summed E-state index contributed by atoms with van der Waals surface area (Å²) in [5.41, 5.74) is 0. The summed E-state index contributed by atoms with van der Waals surface area (Å²) in [6.45, 7) is 0. The van der Waals surface area contributed by atoms with Gasteiger partial charge in [-0.3, -0.25) is 4.79 Å².